The Morgan fingerprint density at radius 3 is 2.90 bits per heavy atom. The van der Waals surface area contributed by atoms with E-state index >= 15 is 0 Å². The largest absolute Gasteiger partial charge is 0.486 e. The quantitative estimate of drug-likeness (QED) is 0.765. The van der Waals surface area contributed by atoms with Gasteiger partial charge in [0, 0.05) is 19.3 Å². The average Bonchev–Trinajstić information content (AvgIpc) is 2.84. The highest BCUT2D eigenvalue weighted by Gasteiger charge is 2.16. The molecule has 0 saturated carbocycles. The Morgan fingerprint density at radius 1 is 1.52 bits per heavy atom. The number of nitrogens with zero attached hydrogens (tertiary/aromatic N) is 2. The third-order valence-electron chi connectivity index (χ3n) is 2.46. The van der Waals surface area contributed by atoms with E-state index in [9.17, 15) is 8.42 Å². The van der Waals surface area contributed by atoms with Crippen molar-refractivity contribution in [2.75, 3.05) is 11.3 Å². The zero-order valence-corrected chi connectivity index (χ0v) is 12.8. The molecule has 1 heterocycles. The molecule has 0 atom stereocenters. The van der Waals surface area contributed by atoms with Gasteiger partial charge in [-0.1, -0.05) is 18.3 Å². The lowest BCUT2D eigenvalue weighted by molar-refractivity contribution is 0.378. The lowest BCUT2D eigenvalue weighted by Crippen LogP contribution is -2.18. The van der Waals surface area contributed by atoms with Crippen LogP contribution in [-0.4, -0.2) is 29.8 Å². The number of thiocarbonyl (C=S) groups is 1. The van der Waals surface area contributed by atoms with Gasteiger partial charge in [-0.15, -0.1) is 0 Å². The van der Waals surface area contributed by atoms with Crippen LogP contribution in [0.2, 0.25) is 0 Å². The number of hydrogen-bond acceptors (Lipinski definition) is 5. The monoisotopic (exact) mass is 326 g/mol. The van der Waals surface area contributed by atoms with Crippen molar-refractivity contribution in [3.8, 4) is 5.75 Å². The number of ether oxygens (including phenoxy) is 1. The molecule has 1 aromatic heterocycles. The van der Waals surface area contributed by atoms with Crippen molar-refractivity contribution in [2.24, 2.45) is 12.8 Å². The number of anilines is 1. The maximum Gasteiger partial charge on any atom is 0.265 e. The molecule has 2 rings (SSSR count). The second kappa shape index (κ2) is 6.10. The van der Waals surface area contributed by atoms with E-state index in [-0.39, 0.29) is 16.5 Å². The lowest BCUT2D eigenvalue weighted by atomic mass is 10.3. The van der Waals surface area contributed by atoms with Gasteiger partial charge in [-0.05, 0) is 12.1 Å². The van der Waals surface area contributed by atoms with Gasteiger partial charge < -0.3 is 10.5 Å². The maximum absolute atomic E-state index is 12.1. The van der Waals surface area contributed by atoms with Crippen LogP contribution in [0.3, 0.4) is 0 Å². The first kappa shape index (κ1) is 15.3. The Balaban J connectivity index is 2.16. The van der Waals surface area contributed by atoms with Crippen molar-refractivity contribution >= 4 is 32.9 Å². The summed E-state index contributed by atoms with van der Waals surface area (Å²) in [6.45, 7) is 0.0914. The predicted octanol–water partition coefficient (Wildman–Crippen LogP) is 0.886. The van der Waals surface area contributed by atoms with Crippen LogP contribution >= 0.6 is 12.2 Å². The van der Waals surface area contributed by atoms with E-state index in [1.807, 2.05) is 0 Å². The van der Waals surface area contributed by atoms with Gasteiger partial charge in [0.15, 0.2) is 0 Å². The van der Waals surface area contributed by atoms with Crippen LogP contribution in [0, 0.1) is 0 Å². The molecule has 112 valence electrons. The Kier molecular flexibility index (Phi) is 4.43. The molecular weight excluding hydrogens is 312 g/mol. The standard InChI is InChI=1S/C12H14N4O3S2/c1-16-7-11(6-14-16)21(17,18)15-9-3-2-4-10(5-9)19-8-12(13)20/h2-7,15H,8H2,1H3,(H2,13,20). The summed E-state index contributed by atoms with van der Waals surface area (Å²) in [7, 11) is -2.04. The highest BCUT2D eigenvalue weighted by molar-refractivity contribution is 7.92. The van der Waals surface area contributed by atoms with Crippen LogP contribution in [-0.2, 0) is 17.1 Å². The second-order valence-electron chi connectivity index (χ2n) is 4.24. The molecule has 3 N–H and O–H groups in total. The van der Waals surface area contributed by atoms with E-state index in [1.54, 1.807) is 31.3 Å². The predicted molar refractivity (Wildman–Crippen MR) is 82.7 cm³/mol. The van der Waals surface area contributed by atoms with Gasteiger partial charge in [-0.3, -0.25) is 9.40 Å². The zero-order chi connectivity index (χ0) is 15.5. The van der Waals surface area contributed by atoms with Crippen molar-refractivity contribution in [3.63, 3.8) is 0 Å². The first-order valence-corrected chi connectivity index (χ1v) is 7.78. The van der Waals surface area contributed by atoms with Gasteiger partial charge in [-0.25, -0.2) is 8.42 Å². The molecule has 0 unspecified atom stereocenters. The third-order valence-corrected chi connectivity index (χ3v) is 3.91. The minimum absolute atomic E-state index is 0.0828. The summed E-state index contributed by atoms with van der Waals surface area (Å²) in [6.07, 6.45) is 2.69. The molecule has 0 aliphatic rings. The Bertz CT molecular complexity index is 755. The van der Waals surface area contributed by atoms with E-state index in [0.29, 0.717) is 11.4 Å². The van der Waals surface area contributed by atoms with Gasteiger partial charge in [0.25, 0.3) is 10.0 Å². The Morgan fingerprint density at radius 2 is 2.29 bits per heavy atom. The summed E-state index contributed by atoms with van der Waals surface area (Å²) in [5, 5.41) is 3.84. The number of nitrogens with one attached hydrogen (secondary N) is 1. The van der Waals surface area contributed by atoms with E-state index in [4.69, 9.17) is 22.7 Å². The number of aromatic nitrogens is 2. The van der Waals surface area contributed by atoms with Crippen LogP contribution in [0.4, 0.5) is 5.69 Å². The fourth-order valence-corrected chi connectivity index (χ4v) is 2.65. The topological polar surface area (TPSA) is 99.2 Å². The fraction of sp³-hybridized carbons (Fsp3) is 0.167. The van der Waals surface area contributed by atoms with Gasteiger partial charge >= 0.3 is 0 Å². The zero-order valence-electron chi connectivity index (χ0n) is 11.2. The number of benzene rings is 1. The summed E-state index contributed by atoms with van der Waals surface area (Å²) in [6, 6.07) is 6.50. The number of rotatable bonds is 6. The highest BCUT2D eigenvalue weighted by atomic mass is 32.2. The molecule has 0 radical (unpaired) electrons. The number of nitrogens with two attached hydrogens (primary N) is 1. The number of sulfonamides is 1. The second-order valence-corrected chi connectivity index (χ2v) is 6.44. The third kappa shape index (κ3) is 4.17. The van der Waals surface area contributed by atoms with Gasteiger partial charge in [0.1, 0.15) is 22.2 Å². The molecule has 1 aromatic carbocycles. The summed E-state index contributed by atoms with van der Waals surface area (Å²) < 4.78 is 33.5. The summed E-state index contributed by atoms with van der Waals surface area (Å²) in [4.78, 5) is 0.302. The molecule has 0 amide bonds. The summed E-state index contributed by atoms with van der Waals surface area (Å²) >= 11 is 4.71. The molecule has 0 aliphatic carbocycles. The highest BCUT2D eigenvalue weighted by Crippen LogP contribution is 2.20. The molecule has 7 nitrogen and oxygen atoms in total. The molecule has 0 spiro atoms. The molecule has 0 aliphatic heterocycles. The summed E-state index contributed by atoms with van der Waals surface area (Å²) in [5.74, 6) is 0.467. The molecule has 0 fully saturated rings. The van der Waals surface area contributed by atoms with E-state index in [0.717, 1.165) is 0 Å². The van der Waals surface area contributed by atoms with Gasteiger partial charge in [0.05, 0.1) is 11.9 Å². The van der Waals surface area contributed by atoms with Crippen molar-refractivity contribution in [3.05, 3.63) is 36.7 Å². The molecule has 21 heavy (non-hydrogen) atoms. The van der Waals surface area contributed by atoms with Crippen LogP contribution in [0.15, 0.2) is 41.6 Å². The van der Waals surface area contributed by atoms with Crippen molar-refractivity contribution in [1.29, 1.82) is 0 Å². The van der Waals surface area contributed by atoms with Crippen molar-refractivity contribution in [1.82, 2.24) is 9.78 Å². The van der Waals surface area contributed by atoms with E-state index in [1.165, 1.54) is 17.1 Å². The van der Waals surface area contributed by atoms with Crippen LogP contribution in [0.1, 0.15) is 0 Å². The summed E-state index contributed by atoms with van der Waals surface area (Å²) in [5.41, 5.74) is 5.72. The Labute approximate surface area is 127 Å². The fourth-order valence-electron chi connectivity index (χ4n) is 1.56. The minimum atomic E-state index is -3.68. The van der Waals surface area contributed by atoms with E-state index < -0.39 is 10.0 Å². The van der Waals surface area contributed by atoms with Crippen LogP contribution < -0.4 is 15.2 Å². The molecule has 0 saturated heterocycles. The van der Waals surface area contributed by atoms with E-state index in [2.05, 4.69) is 9.82 Å². The molecular formula is C12H14N4O3S2. The van der Waals surface area contributed by atoms with Crippen LogP contribution in [0.25, 0.3) is 0 Å². The normalized spacial score (nSPS) is 11.1. The first-order chi connectivity index (χ1) is 9.87. The van der Waals surface area contributed by atoms with Gasteiger partial charge in [-0.2, -0.15) is 5.10 Å². The number of hydrogen-bond donors (Lipinski definition) is 2. The van der Waals surface area contributed by atoms with Crippen LogP contribution in [0.5, 0.6) is 5.75 Å². The smallest absolute Gasteiger partial charge is 0.265 e. The minimum Gasteiger partial charge on any atom is -0.486 e. The van der Waals surface area contributed by atoms with Crippen molar-refractivity contribution in [2.45, 2.75) is 4.90 Å². The van der Waals surface area contributed by atoms with Gasteiger partial charge in [0.2, 0.25) is 0 Å². The Hall–Kier alpha value is -2.13. The first-order valence-electron chi connectivity index (χ1n) is 5.89. The average molecular weight is 326 g/mol. The maximum atomic E-state index is 12.1. The lowest BCUT2D eigenvalue weighted by Gasteiger charge is -2.09. The molecule has 0 bridgehead atoms. The van der Waals surface area contributed by atoms with Crippen molar-refractivity contribution < 1.29 is 13.2 Å². The molecule has 2 aromatic rings. The molecule has 9 heteroatoms. The number of aryl methyl sites for hydroxylation is 1. The SMILES string of the molecule is Cn1cc(S(=O)(=O)Nc2cccc(OCC(N)=S)c2)cn1.